The maximum atomic E-state index is 12.6. The van der Waals surface area contributed by atoms with Gasteiger partial charge >= 0.3 is 5.97 Å². The van der Waals surface area contributed by atoms with Crippen LogP contribution in [0.1, 0.15) is 54.9 Å². The molecule has 0 amide bonds. The van der Waals surface area contributed by atoms with Crippen LogP contribution in [-0.2, 0) is 16.1 Å². The van der Waals surface area contributed by atoms with Gasteiger partial charge in [-0.1, -0.05) is 10.5 Å². The van der Waals surface area contributed by atoms with Crippen molar-refractivity contribution < 1.29 is 29.0 Å². The lowest BCUT2D eigenvalue weighted by molar-refractivity contribution is 0.0593. The molecular formula is C21H26N2O6S. The lowest BCUT2D eigenvalue weighted by Crippen LogP contribution is -2.27. The lowest BCUT2D eigenvalue weighted by atomic mass is 9.99. The smallest absolute Gasteiger partial charge is 0.356 e. The van der Waals surface area contributed by atoms with E-state index in [0.717, 1.165) is 0 Å². The standard InChI is InChI=1S/C21H26N2O6S/c1-21(2,3)30(27)23-17(15-8-7-14(28-4)10-19(15)25)11-18(24)13-6-9-16(22-12-13)20(26)29-5/h6-10,12,18,24-25H,11H2,1-5H3. The maximum absolute atomic E-state index is 12.6. The van der Waals surface area contributed by atoms with Crippen molar-refractivity contribution in [2.75, 3.05) is 14.2 Å². The summed E-state index contributed by atoms with van der Waals surface area (Å²) >= 11 is -1.61. The van der Waals surface area contributed by atoms with E-state index >= 15 is 0 Å². The normalized spacial score (nSPS) is 14.2. The van der Waals surface area contributed by atoms with Crippen LogP contribution in [-0.4, -0.2) is 50.4 Å². The number of phenolic OH excluding ortho intramolecular Hbond substituents is 1. The van der Waals surface area contributed by atoms with Gasteiger partial charge < -0.3 is 24.2 Å². The number of rotatable bonds is 7. The second-order valence-electron chi connectivity index (χ2n) is 7.47. The molecule has 2 unspecified atom stereocenters. The highest BCUT2D eigenvalue weighted by atomic mass is 32.2. The fourth-order valence-corrected chi connectivity index (χ4v) is 3.09. The Hall–Kier alpha value is -2.62. The van der Waals surface area contributed by atoms with Crippen LogP contribution in [0.25, 0.3) is 0 Å². The number of pyridine rings is 1. The van der Waals surface area contributed by atoms with Crippen molar-refractivity contribution in [2.24, 2.45) is 4.40 Å². The van der Waals surface area contributed by atoms with Crippen molar-refractivity contribution in [2.45, 2.75) is 38.0 Å². The van der Waals surface area contributed by atoms with Crippen LogP contribution in [0.15, 0.2) is 40.9 Å². The molecule has 1 heterocycles. The second kappa shape index (κ2) is 9.92. The third-order valence-electron chi connectivity index (χ3n) is 4.19. The van der Waals surface area contributed by atoms with E-state index in [4.69, 9.17) is 4.74 Å². The summed E-state index contributed by atoms with van der Waals surface area (Å²) in [6.07, 6.45) is 0.283. The first kappa shape index (κ1) is 23.7. The van der Waals surface area contributed by atoms with E-state index in [1.807, 2.05) is 0 Å². The summed E-state index contributed by atoms with van der Waals surface area (Å²) in [5, 5.41) is 21.1. The molecule has 1 aromatic heterocycles. The van der Waals surface area contributed by atoms with Crippen molar-refractivity contribution in [3.8, 4) is 11.5 Å². The molecule has 0 bridgehead atoms. The van der Waals surface area contributed by atoms with Gasteiger partial charge in [-0.15, -0.1) is 0 Å². The molecular weight excluding hydrogens is 408 g/mol. The molecule has 2 atom stereocenters. The number of carbonyl (C=O) groups excluding carboxylic acids is 1. The molecule has 9 heteroatoms. The number of aliphatic hydroxyl groups excluding tert-OH is 1. The van der Waals surface area contributed by atoms with Crippen LogP contribution in [0.4, 0.5) is 0 Å². The van der Waals surface area contributed by atoms with Gasteiger partial charge in [0.05, 0.1) is 20.3 Å². The summed E-state index contributed by atoms with van der Waals surface area (Å²) < 4.78 is 26.0. The van der Waals surface area contributed by atoms with Gasteiger partial charge in [-0.2, -0.15) is 0 Å². The number of hydrogen-bond donors (Lipinski definition) is 2. The van der Waals surface area contributed by atoms with Gasteiger partial charge in [0, 0.05) is 24.2 Å². The molecule has 0 radical (unpaired) electrons. The van der Waals surface area contributed by atoms with Crippen molar-refractivity contribution in [3.05, 3.63) is 53.3 Å². The van der Waals surface area contributed by atoms with Crippen molar-refractivity contribution in [1.82, 2.24) is 4.98 Å². The first-order chi connectivity index (χ1) is 14.1. The van der Waals surface area contributed by atoms with Gasteiger partial charge in [0.1, 0.15) is 39.0 Å². The average Bonchev–Trinajstić information content (AvgIpc) is 2.71. The van der Waals surface area contributed by atoms with Gasteiger partial charge in [0.15, 0.2) is 0 Å². The number of carbonyl (C=O) groups is 1. The van der Waals surface area contributed by atoms with Gasteiger partial charge in [-0.05, 0) is 44.5 Å². The molecule has 2 N–H and O–H groups in total. The molecule has 0 spiro atoms. The predicted molar refractivity (Wildman–Crippen MR) is 114 cm³/mol. The molecule has 1 aromatic carbocycles. The van der Waals surface area contributed by atoms with E-state index in [1.165, 1.54) is 32.5 Å². The number of esters is 1. The van der Waals surface area contributed by atoms with Crippen molar-refractivity contribution in [3.63, 3.8) is 0 Å². The predicted octanol–water partition coefficient (Wildman–Crippen LogP) is 2.96. The molecule has 0 aliphatic heterocycles. The molecule has 0 aliphatic carbocycles. The highest BCUT2D eigenvalue weighted by Crippen LogP contribution is 2.29. The maximum Gasteiger partial charge on any atom is 0.356 e. The summed E-state index contributed by atoms with van der Waals surface area (Å²) in [4.78, 5) is 15.5. The van der Waals surface area contributed by atoms with E-state index in [1.54, 1.807) is 39.0 Å². The van der Waals surface area contributed by atoms with Crippen LogP contribution in [0.5, 0.6) is 11.5 Å². The lowest BCUT2D eigenvalue weighted by Gasteiger charge is -2.21. The van der Waals surface area contributed by atoms with E-state index < -0.39 is 28.2 Å². The molecule has 8 nitrogen and oxygen atoms in total. The number of nitrogens with zero attached hydrogens (tertiary/aromatic N) is 2. The van der Waals surface area contributed by atoms with E-state index in [2.05, 4.69) is 14.1 Å². The third kappa shape index (κ3) is 5.94. The minimum Gasteiger partial charge on any atom is -0.591 e. The Morgan fingerprint density at radius 2 is 1.97 bits per heavy atom. The highest BCUT2D eigenvalue weighted by molar-refractivity contribution is 7.91. The Labute approximate surface area is 178 Å². The Morgan fingerprint density at radius 1 is 1.27 bits per heavy atom. The van der Waals surface area contributed by atoms with E-state index in [9.17, 15) is 19.6 Å². The monoisotopic (exact) mass is 434 g/mol. The molecule has 2 rings (SSSR count). The largest absolute Gasteiger partial charge is 0.591 e. The molecule has 0 fully saturated rings. The zero-order chi connectivity index (χ0) is 22.5. The molecule has 30 heavy (non-hydrogen) atoms. The van der Waals surface area contributed by atoms with Crippen LogP contribution in [0.2, 0.25) is 0 Å². The van der Waals surface area contributed by atoms with E-state index in [-0.39, 0.29) is 23.6 Å². The van der Waals surface area contributed by atoms with Crippen LogP contribution in [0.3, 0.4) is 0 Å². The number of benzene rings is 1. The van der Waals surface area contributed by atoms with Gasteiger partial charge in [-0.25, -0.2) is 9.78 Å². The SMILES string of the molecule is COC(=O)c1ccc(C(O)CC(=N[S+]([O-])C(C)(C)C)c2ccc(OC)cc2O)cn1. The molecule has 2 aromatic rings. The van der Waals surface area contributed by atoms with Crippen LogP contribution >= 0.6 is 0 Å². The van der Waals surface area contributed by atoms with Crippen LogP contribution < -0.4 is 4.74 Å². The quantitative estimate of drug-likeness (QED) is 0.390. The number of aromatic hydroxyl groups is 1. The first-order valence-electron chi connectivity index (χ1n) is 9.16. The van der Waals surface area contributed by atoms with Gasteiger partial charge in [-0.3, -0.25) is 0 Å². The van der Waals surface area contributed by atoms with Gasteiger partial charge in [0.2, 0.25) is 0 Å². The number of hydrogen-bond acceptors (Lipinski definition) is 8. The Balaban J connectivity index is 2.37. The summed E-state index contributed by atoms with van der Waals surface area (Å²) in [5.74, 6) is -0.233. The second-order valence-corrected chi connectivity index (χ2v) is 9.38. The van der Waals surface area contributed by atoms with Crippen molar-refractivity contribution >= 4 is 23.0 Å². The number of methoxy groups -OCH3 is 2. The summed E-state index contributed by atoms with van der Waals surface area (Å²) in [6, 6.07) is 7.65. The zero-order valence-corrected chi connectivity index (χ0v) is 18.4. The fourth-order valence-electron chi connectivity index (χ4n) is 2.44. The number of phenols is 1. The van der Waals surface area contributed by atoms with E-state index in [0.29, 0.717) is 16.9 Å². The summed E-state index contributed by atoms with van der Waals surface area (Å²) in [6.45, 7) is 5.35. The molecule has 0 saturated carbocycles. The third-order valence-corrected chi connectivity index (χ3v) is 5.62. The van der Waals surface area contributed by atoms with Gasteiger partial charge in [0.25, 0.3) is 0 Å². The Morgan fingerprint density at radius 3 is 2.47 bits per heavy atom. The zero-order valence-electron chi connectivity index (χ0n) is 17.6. The summed E-state index contributed by atoms with van der Waals surface area (Å²) in [7, 11) is 2.74. The number of ether oxygens (including phenoxy) is 2. The topological polar surface area (TPSA) is 124 Å². The molecule has 0 aliphatic rings. The van der Waals surface area contributed by atoms with Crippen molar-refractivity contribution in [1.29, 1.82) is 0 Å². The fraction of sp³-hybridized carbons (Fsp3) is 0.381. The number of aliphatic hydroxyl groups is 1. The van der Waals surface area contributed by atoms with Crippen LogP contribution in [0, 0.1) is 0 Å². The number of aromatic nitrogens is 1. The first-order valence-corrected chi connectivity index (χ1v) is 10.3. The Kier molecular flexibility index (Phi) is 7.83. The summed E-state index contributed by atoms with van der Waals surface area (Å²) in [5.41, 5.74) is 1.16. The molecule has 162 valence electrons. The average molecular weight is 435 g/mol. The Bertz CT molecular complexity index is 909. The minimum absolute atomic E-state index is 0.0268. The molecule has 0 saturated heterocycles. The highest BCUT2D eigenvalue weighted by Gasteiger charge is 2.29. The minimum atomic E-state index is -1.61.